The van der Waals surface area contributed by atoms with Crippen molar-refractivity contribution in [3.63, 3.8) is 0 Å². The van der Waals surface area contributed by atoms with Gasteiger partial charge in [0.2, 0.25) is 5.75 Å². The molecule has 0 spiro atoms. The maximum atomic E-state index is 14.1. The molecule has 1 atom stereocenters. The molecule has 16 heteroatoms. The molecule has 1 aromatic heterocycles. The number of esters is 1. The molecule has 0 aliphatic carbocycles. The van der Waals surface area contributed by atoms with Gasteiger partial charge in [-0.25, -0.2) is 9.79 Å². The second kappa shape index (κ2) is 13.8. The number of anilines is 1. The molecule has 2 heterocycles. The number of nitro benzene ring substituents is 2. The Bertz CT molecular complexity index is 2170. The number of hydrogen-bond donors (Lipinski definition) is 0. The van der Waals surface area contributed by atoms with Gasteiger partial charge in [0, 0.05) is 25.8 Å². The minimum Gasteiger partial charge on any atom is -0.493 e. The van der Waals surface area contributed by atoms with Crippen molar-refractivity contribution < 1.29 is 28.9 Å². The monoisotopic (exact) mass is 737 g/mol. The summed E-state index contributed by atoms with van der Waals surface area (Å²) in [5, 5.41) is 22.8. The maximum absolute atomic E-state index is 14.1. The molecule has 1 aliphatic rings. The lowest BCUT2D eigenvalue weighted by molar-refractivity contribution is -0.394. The van der Waals surface area contributed by atoms with Crippen molar-refractivity contribution in [1.29, 1.82) is 0 Å². The van der Waals surface area contributed by atoms with Crippen molar-refractivity contribution in [1.82, 2.24) is 4.57 Å². The number of rotatable bonds is 10. The Morgan fingerprint density at radius 2 is 1.79 bits per heavy atom. The van der Waals surface area contributed by atoms with Crippen molar-refractivity contribution in [2.24, 2.45) is 4.99 Å². The number of thiazole rings is 1. The summed E-state index contributed by atoms with van der Waals surface area (Å²) in [6, 6.07) is 13.0. The maximum Gasteiger partial charge on any atom is 0.338 e. The van der Waals surface area contributed by atoms with Crippen molar-refractivity contribution >= 4 is 56.4 Å². The van der Waals surface area contributed by atoms with Gasteiger partial charge in [0.15, 0.2) is 16.3 Å². The summed E-state index contributed by atoms with van der Waals surface area (Å²) in [6.07, 6.45) is 1.63. The zero-order chi connectivity index (χ0) is 34.9. The number of ether oxygens (including phenoxy) is 3. The molecule has 248 valence electrons. The van der Waals surface area contributed by atoms with E-state index >= 15 is 0 Å². The molecule has 0 unspecified atom stereocenters. The van der Waals surface area contributed by atoms with Gasteiger partial charge < -0.3 is 19.1 Å². The smallest absolute Gasteiger partial charge is 0.338 e. The molecule has 0 amide bonds. The largest absolute Gasteiger partial charge is 0.493 e. The number of carbonyl (C=O) groups excluding carboxylic acids is 1. The topological polar surface area (TPSA) is 169 Å². The predicted molar refractivity (Wildman–Crippen MR) is 182 cm³/mol. The van der Waals surface area contributed by atoms with Crippen LogP contribution in [0.15, 0.2) is 80.1 Å². The lowest BCUT2D eigenvalue weighted by Gasteiger charge is -2.25. The van der Waals surface area contributed by atoms with E-state index in [9.17, 15) is 29.8 Å². The number of methoxy groups -OCH3 is 1. The molecule has 0 saturated heterocycles. The van der Waals surface area contributed by atoms with Gasteiger partial charge in [-0.1, -0.05) is 23.5 Å². The van der Waals surface area contributed by atoms with Gasteiger partial charge in [0.25, 0.3) is 11.2 Å². The number of halogens is 1. The van der Waals surface area contributed by atoms with E-state index in [4.69, 9.17) is 14.2 Å². The summed E-state index contributed by atoms with van der Waals surface area (Å²) in [6.45, 7) is 3.57. The first-order valence-corrected chi connectivity index (χ1v) is 15.9. The summed E-state index contributed by atoms with van der Waals surface area (Å²) >= 11 is 4.57. The Morgan fingerprint density at radius 3 is 2.40 bits per heavy atom. The van der Waals surface area contributed by atoms with Gasteiger partial charge >= 0.3 is 11.7 Å². The Labute approximate surface area is 285 Å². The highest BCUT2D eigenvalue weighted by Crippen LogP contribution is 2.43. The van der Waals surface area contributed by atoms with E-state index in [0.29, 0.717) is 30.6 Å². The fourth-order valence-corrected chi connectivity index (χ4v) is 6.68. The molecule has 0 bridgehead atoms. The fraction of sp³-hybridized carbons (Fsp3) is 0.219. The summed E-state index contributed by atoms with van der Waals surface area (Å²) in [4.78, 5) is 55.5. The quantitative estimate of drug-likeness (QED) is 0.119. The fourth-order valence-electron chi connectivity index (χ4n) is 5.09. The molecular formula is C32H28BrN5O9S. The highest BCUT2D eigenvalue weighted by atomic mass is 79.9. The van der Waals surface area contributed by atoms with Crippen LogP contribution in [0.2, 0.25) is 0 Å². The minimum atomic E-state index is -0.784. The highest BCUT2D eigenvalue weighted by Gasteiger charge is 2.33. The third-order valence-electron chi connectivity index (χ3n) is 7.35. The lowest BCUT2D eigenvalue weighted by atomic mass is 9.95. The molecule has 3 aromatic carbocycles. The number of carbonyl (C=O) groups is 1. The van der Waals surface area contributed by atoms with E-state index in [2.05, 4.69) is 20.9 Å². The number of benzene rings is 3. The van der Waals surface area contributed by atoms with Gasteiger partial charge in [-0.2, -0.15) is 0 Å². The zero-order valence-corrected chi connectivity index (χ0v) is 28.7. The molecule has 0 radical (unpaired) electrons. The van der Waals surface area contributed by atoms with E-state index in [1.54, 1.807) is 32.1 Å². The number of aromatic nitrogens is 1. The predicted octanol–water partition coefficient (Wildman–Crippen LogP) is 5.24. The molecule has 48 heavy (non-hydrogen) atoms. The van der Waals surface area contributed by atoms with E-state index in [-0.39, 0.29) is 35.0 Å². The summed E-state index contributed by atoms with van der Waals surface area (Å²) in [5.74, 6) is -0.566. The van der Waals surface area contributed by atoms with Crippen LogP contribution in [0.3, 0.4) is 0 Å². The number of nitrogens with zero attached hydrogens (tertiary/aromatic N) is 5. The Morgan fingerprint density at radius 1 is 1.08 bits per heavy atom. The lowest BCUT2D eigenvalue weighted by Crippen LogP contribution is -2.39. The summed E-state index contributed by atoms with van der Waals surface area (Å²) in [5.41, 5.74) is 1.42. The molecule has 0 N–H and O–H groups in total. The standard InChI is InChI=1S/C32H28BrN5O9S/c1-6-46-31(40)27-17(2)34-32-36(28(27)19-7-9-20(10-8-19)35(3)4)30(39)26(48-32)15-18-13-22(33)29(25(14-18)45-5)47-24-12-11-21(37(41)42)16-23(24)38(43)44/h7-16,28H,6H2,1-5H3/b26-15-/t28-/m0/s1. The first kappa shape index (κ1) is 34.0. The third-order valence-corrected chi connectivity index (χ3v) is 8.93. The van der Waals surface area contributed by atoms with Crippen molar-refractivity contribution in [3.05, 3.63) is 121 Å². The van der Waals surface area contributed by atoms with Gasteiger partial charge in [-0.3, -0.25) is 29.6 Å². The van der Waals surface area contributed by atoms with Crippen molar-refractivity contribution in [3.8, 4) is 17.2 Å². The summed E-state index contributed by atoms with van der Waals surface area (Å²) in [7, 11) is 5.20. The number of fused-ring (bicyclic) bond motifs is 1. The SMILES string of the molecule is CCOC(=O)C1=C(C)N=c2s/c(=C\c3cc(Br)c(Oc4ccc([N+](=O)[O-])cc4[N+](=O)[O-])c(OC)c3)c(=O)n2[C@H]1c1ccc(N(C)C)cc1. The minimum absolute atomic E-state index is 0.0731. The normalized spacial score (nSPS) is 14.2. The second-order valence-electron chi connectivity index (χ2n) is 10.6. The molecule has 1 aliphatic heterocycles. The van der Waals surface area contributed by atoms with E-state index in [1.165, 1.54) is 11.7 Å². The third kappa shape index (κ3) is 6.57. The Kier molecular flexibility index (Phi) is 9.77. The van der Waals surface area contributed by atoms with Gasteiger partial charge in [-0.15, -0.1) is 0 Å². The van der Waals surface area contributed by atoms with Crippen LogP contribution in [0.5, 0.6) is 17.2 Å². The van der Waals surface area contributed by atoms with Crippen LogP contribution < -0.4 is 29.3 Å². The number of allylic oxidation sites excluding steroid dienone is 1. The van der Waals surface area contributed by atoms with Crippen LogP contribution >= 0.6 is 27.3 Å². The van der Waals surface area contributed by atoms with Gasteiger partial charge in [0.05, 0.1) is 55.9 Å². The van der Waals surface area contributed by atoms with Crippen LogP contribution in [-0.2, 0) is 9.53 Å². The number of hydrogen-bond acceptors (Lipinski definition) is 12. The number of non-ortho nitro benzene ring substituents is 1. The number of nitro groups is 2. The van der Waals surface area contributed by atoms with Crippen LogP contribution in [0.4, 0.5) is 17.1 Å². The molecule has 5 rings (SSSR count). The van der Waals surface area contributed by atoms with Gasteiger partial charge in [0.1, 0.15) is 0 Å². The van der Waals surface area contributed by atoms with Crippen LogP contribution in [0.1, 0.15) is 31.0 Å². The second-order valence-corrected chi connectivity index (χ2v) is 12.5. The molecule has 4 aromatic rings. The molecule has 14 nitrogen and oxygen atoms in total. The molecule has 0 fully saturated rings. The average molecular weight is 739 g/mol. The summed E-state index contributed by atoms with van der Waals surface area (Å²) < 4.78 is 18.8. The average Bonchev–Trinajstić information content (AvgIpc) is 3.34. The Balaban J connectivity index is 1.61. The van der Waals surface area contributed by atoms with E-state index in [0.717, 1.165) is 35.2 Å². The van der Waals surface area contributed by atoms with E-state index < -0.39 is 33.2 Å². The first-order chi connectivity index (χ1) is 22.8. The Hall–Kier alpha value is -5.35. The molecule has 0 saturated carbocycles. The van der Waals surface area contributed by atoms with Crippen LogP contribution in [-0.4, -0.2) is 48.2 Å². The van der Waals surface area contributed by atoms with Crippen molar-refractivity contribution in [2.75, 3.05) is 32.7 Å². The zero-order valence-electron chi connectivity index (χ0n) is 26.3. The van der Waals surface area contributed by atoms with Crippen LogP contribution in [0, 0.1) is 20.2 Å². The van der Waals surface area contributed by atoms with E-state index in [1.807, 2.05) is 43.3 Å². The van der Waals surface area contributed by atoms with Gasteiger partial charge in [-0.05, 0) is 77.3 Å². The van der Waals surface area contributed by atoms with Crippen LogP contribution in [0.25, 0.3) is 6.08 Å². The van der Waals surface area contributed by atoms with Crippen molar-refractivity contribution in [2.45, 2.75) is 19.9 Å². The highest BCUT2D eigenvalue weighted by molar-refractivity contribution is 9.10. The first-order valence-electron chi connectivity index (χ1n) is 14.3. The molecular weight excluding hydrogens is 710 g/mol.